The van der Waals surface area contributed by atoms with Crippen LogP contribution in [0, 0.1) is 5.92 Å². The zero-order valence-corrected chi connectivity index (χ0v) is 9.76. The van der Waals surface area contributed by atoms with Gasteiger partial charge in [0.25, 0.3) is 0 Å². The molecule has 0 spiro atoms. The summed E-state index contributed by atoms with van der Waals surface area (Å²) in [5.74, 6) is 0.522. The summed E-state index contributed by atoms with van der Waals surface area (Å²) >= 11 is 0. The summed E-state index contributed by atoms with van der Waals surface area (Å²) in [6.07, 6.45) is 1.53. The molecule has 0 aromatic carbocycles. The number of nitrogens with zero attached hydrogens (tertiary/aromatic N) is 2. The first kappa shape index (κ1) is 12.0. The fraction of sp³-hybridized carbons (Fsp3) is 0.727. The van der Waals surface area contributed by atoms with E-state index in [4.69, 9.17) is 14.3 Å². The molecule has 6 nitrogen and oxygen atoms in total. The molecular formula is C11H16N2O4. The van der Waals surface area contributed by atoms with E-state index in [2.05, 4.69) is 10.2 Å². The summed E-state index contributed by atoms with van der Waals surface area (Å²) in [7, 11) is 0. The minimum absolute atomic E-state index is 0.000582. The third kappa shape index (κ3) is 3.26. The molecule has 1 saturated heterocycles. The molecule has 2 heterocycles. The molecule has 17 heavy (non-hydrogen) atoms. The number of carboxylic acid groups (broad SMARTS) is 1. The van der Waals surface area contributed by atoms with E-state index in [9.17, 15) is 4.79 Å². The zero-order chi connectivity index (χ0) is 12.3. The van der Waals surface area contributed by atoms with Crippen LogP contribution < -0.4 is 0 Å². The molecule has 2 atom stereocenters. The molecule has 0 radical (unpaired) electrons. The number of hydrogen-bond acceptors (Lipinski definition) is 5. The molecular weight excluding hydrogens is 224 g/mol. The Morgan fingerprint density at radius 2 is 2.41 bits per heavy atom. The van der Waals surface area contributed by atoms with Crippen LogP contribution in [0.3, 0.4) is 0 Å². The minimum atomic E-state index is -0.804. The second-order valence-corrected chi connectivity index (χ2v) is 4.50. The molecule has 1 fully saturated rings. The van der Waals surface area contributed by atoms with Crippen molar-refractivity contribution in [1.82, 2.24) is 10.2 Å². The lowest BCUT2D eigenvalue weighted by molar-refractivity contribution is -0.137. The van der Waals surface area contributed by atoms with Crippen LogP contribution >= 0.6 is 0 Å². The number of aromatic nitrogens is 2. The average Bonchev–Trinajstić information content (AvgIpc) is 2.84. The van der Waals surface area contributed by atoms with E-state index in [1.54, 1.807) is 0 Å². The summed E-state index contributed by atoms with van der Waals surface area (Å²) in [5, 5.41) is 16.6. The Labute approximate surface area is 99.0 Å². The van der Waals surface area contributed by atoms with Gasteiger partial charge in [0.2, 0.25) is 11.8 Å². The van der Waals surface area contributed by atoms with Gasteiger partial charge in [-0.2, -0.15) is 0 Å². The summed E-state index contributed by atoms with van der Waals surface area (Å²) in [6, 6.07) is 0. The molecule has 2 rings (SSSR count). The third-order valence-corrected chi connectivity index (χ3v) is 2.81. The van der Waals surface area contributed by atoms with Crippen LogP contribution in [-0.4, -0.2) is 34.5 Å². The van der Waals surface area contributed by atoms with Gasteiger partial charge in [-0.3, -0.25) is 4.79 Å². The van der Waals surface area contributed by atoms with Crippen LogP contribution in [-0.2, 0) is 16.0 Å². The van der Waals surface area contributed by atoms with Crippen molar-refractivity contribution in [2.45, 2.75) is 32.1 Å². The van der Waals surface area contributed by atoms with Crippen molar-refractivity contribution < 1.29 is 19.1 Å². The topological polar surface area (TPSA) is 85.5 Å². The van der Waals surface area contributed by atoms with Gasteiger partial charge in [-0.1, -0.05) is 6.92 Å². The number of carboxylic acids is 1. The Hall–Kier alpha value is -1.43. The lowest BCUT2D eigenvalue weighted by Crippen LogP contribution is -2.07. The van der Waals surface area contributed by atoms with Gasteiger partial charge in [-0.15, -0.1) is 10.2 Å². The summed E-state index contributed by atoms with van der Waals surface area (Å²) in [4.78, 5) is 10.5. The van der Waals surface area contributed by atoms with Crippen molar-refractivity contribution in [3.8, 4) is 0 Å². The van der Waals surface area contributed by atoms with Gasteiger partial charge in [0, 0.05) is 19.4 Å². The van der Waals surface area contributed by atoms with Crippen molar-refractivity contribution in [3.05, 3.63) is 11.8 Å². The molecule has 1 aliphatic rings. The maximum absolute atomic E-state index is 10.5. The van der Waals surface area contributed by atoms with Crippen LogP contribution in [0.1, 0.15) is 37.5 Å². The Morgan fingerprint density at radius 3 is 3.06 bits per heavy atom. The number of ether oxygens (including phenoxy) is 1. The van der Waals surface area contributed by atoms with E-state index in [1.807, 2.05) is 6.92 Å². The van der Waals surface area contributed by atoms with Gasteiger partial charge < -0.3 is 14.3 Å². The van der Waals surface area contributed by atoms with Crippen molar-refractivity contribution in [3.63, 3.8) is 0 Å². The summed E-state index contributed by atoms with van der Waals surface area (Å²) < 4.78 is 10.8. The molecule has 1 aromatic heterocycles. The van der Waals surface area contributed by atoms with Gasteiger partial charge in [0.1, 0.15) is 0 Å². The maximum Gasteiger partial charge on any atom is 0.303 e. The molecule has 0 amide bonds. The van der Waals surface area contributed by atoms with Crippen LogP contribution in [0.5, 0.6) is 0 Å². The first-order valence-corrected chi connectivity index (χ1v) is 5.77. The molecule has 0 aliphatic carbocycles. The second-order valence-electron chi connectivity index (χ2n) is 4.50. The SMILES string of the molecule is CC(CC(=O)O)Cc1nnc(C2CCOC2)o1. The van der Waals surface area contributed by atoms with E-state index in [0.29, 0.717) is 24.8 Å². The Kier molecular flexibility index (Phi) is 3.73. The van der Waals surface area contributed by atoms with Gasteiger partial charge >= 0.3 is 5.97 Å². The lowest BCUT2D eigenvalue weighted by Gasteiger charge is -2.04. The Morgan fingerprint density at radius 1 is 1.59 bits per heavy atom. The number of carbonyl (C=O) groups is 1. The molecule has 94 valence electrons. The van der Waals surface area contributed by atoms with Crippen molar-refractivity contribution in [2.24, 2.45) is 5.92 Å². The molecule has 2 unspecified atom stereocenters. The molecule has 0 saturated carbocycles. The van der Waals surface area contributed by atoms with Gasteiger partial charge in [0.05, 0.1) is 12.5 Å². The van der Waals surface area contributed by atoms with E-state index in [-0.39, 0.29) is 18.3 Å². The Balaban J connectivity index is 1.91. The highest BCUT2D eigenvalue weighted by atomic mass is 16.5. The van der Waals surface area contributed by atoms with Gasteiger partial charge in [-0.05, 0) is 12.3 Å². The van der Waals surface area contributed by atoms with Gasteiger partial charge in [-0.25, -0.2) is 0 Å². The second kappa shape index (κ2) is 5.27. The first-order valence-electron chi connectivity index (χ1n) is 5.77. The Bertz CT molecular complexity index is 385. The molecule has 1 aliphatic heterocycles. The predicted octanol–water partition coefficient (Wildman–Crippen LogP) is 1.23. The highest BCUT2D eigenvalue weighted by molar-refractivity contribution is 5.66. The highest BCUT2D eigenvalue weighted by Crippen LogP contribution is 2.24. The normalized spacial score (nSPS) is 21.6. The van der Waals surface area contributed by atoms with Gasteiger partial charge in [0.15, 0.2) is 0 Å². The van der Waals surface area contributed by atoms with E-state index < -0.39 is 5.97 Å². The van der Waals surface area contributed by atoms with Crippen molar-refractivity contribution in [2.75, 3.05) is 13.2 Å². The van der Waals surface area contributed by atoms with Crippen molar-refractivity contribution in [1.29, 1.82) is 0 Å². The number of rotatable bonds is 5. The largest absolute Gasteiger partial charge is 0.481 e. The molecule has 1 aromatic rings. The van der Waals surface area contributed by atoms with Crippen LogP contribution in [0.4, 0.5) is 0 Å². The zero-order valence-electron chi connectivity index (χ0n) is 9.76. The van der Waals surface area contributed by atoms with Crippen LogP contribution in [0.25, 0.3) is 0 Å². The molecule has 6 heteroatoms. The van der Waals surface area contributed by atoms with E-state index in [0.717, 1.165) is 13.0 Å². The van der Waals surface area contributed by atoms with E-state index in [1.165, 1.54) is 0 Å². The standard InChI is InChI=1S/C11H16N2O4/c1-7(5-10(14)15)4-9-12-13-11(17-9)8-2-3-16-6-8/h7-8H,2-6H2,1H3,(H,14,15). The lowest BCUT2D eigenvalue weighted by atomic mass is 10.0. The van der Waals surface area contributed by atoms with E-state index >= 15 is 0 Å². The minimum Gasteiger partial charge on any atom is -0.481 e. The quantitative estimate of drug-likeness (QED) is 0.833. The number of aliphatic carboxylic acids is 1. The smallest absolute Gasteiger partial charge is 0.303 e. The summed E-state index contributed by atoms with van der Waals surface area (Å²) in [5.41, 5.74) is 0. The monoisotopic (exact) mass is 240 g/mol. The predicted molar refractivity (Wildman–Crippen MR) is 57.6 cm³/mol. The fourth-order valence-electron chi connectivity index (χ4n) is 1.91. The first-order chi connectivity index (χ1) is 8.15. The van der Waals surface area contributed by atoms with Crippen molar-refractivity contribution >= 4 is 5.97 Å². The maximum atomic E-state index is 10.5. The molecule has 0 bridgehead atoms. The average molecular weight is 240 g/mol. The highest BCUT2D eigenvalue weighted by Gasteiger charge is 2.24. The molecule has 1 N–H and O–H groups in total. The fourth-order valence-corrected chi connectivity index (χ4v) is 1.91. The van der Waals surface area contributed by atoms with Crippen LogP contribution in [0.2, 0.25) is 0 Å². The van der Waals surface area contributed by atoms with Crippen LogP contribution in [0.15, 0.2) is 4.42 Å². The number of hydrogen-bond donors (Lipinski definition) is 1. The summed E-state index contributed by atoms with van der Waals surface area (Å²) in [6.45, 7) is 3.22. The third-order valence-electron chi connectivity index (χ3n) is 2.81.